The minimum atomic E-state index is -1.42. The van der Waals surface area contributed by atoms with Crippen LogP contribution in [0.15, 0.2) is 12.2 Å². The summed E-state index contributed by atoms with van der Waals surface area (Å²) in [5.74, 6) is -2.26. The molecule has 0 heterocycles. The van der Waals surface area contributed by atoms with Gasteiger partial charge >= 0.3 is 11.9 Å². The second-order valence-electron chi connectivity index (χ2n) is 9.70. The van der Waals surface area contributed by atoms with E-state index < -0.39 is 11.9 Å². The Kier molecular flexibility index (Phi) is 19.5. The van der Waals surface area contributed by atoms with Crippen LogP contribution in [0.1, 0.15) is 138 Å². The van der Waals surface area contributed by atoms with Crippen molar-refractivity contribution in [1.82, 2.24) is 0 Å². The van der Waals surface area contributed by atoms with Crippen molar-refractivity contribution in [3.05, 3.63) is 12.2 Å². The Morgan fingerprint density at radius 3 is 1.64 bits per heavy atom. The van der Waals surface area contributed by atoms with Gasteiger partial charge in [0.1, 0.15) is 12.2 Å². The fourth-order valence-corrected chi connectivity index (χ4v) is 3.79. The first kappa shape index (κ1) is 31.8. The number of esters is 1. The molecule has 0 atom stereocenters. The molecule has 5 nitrogen and oxygen atoms in total. The number of allylic oxidation sites excluding steroid dienone is 2. The molecule has 0 rings (SSSR count). The maximum Gasteiger partial charge on any atom is 0.329 e. The molecule has 0 saturated carbocycles. The lowest BCUT2D eigenvalue weighted by molar-refractivity contribution is -0.385. The zero-order chi connectivity index (χ0) is 25.0. The highest BCUT2D eigenvalue weighted by Crippen LogP contribution is 2.28. The summed E-state index contributed by atoms with van der Waals surface area (Å²) in [4.78, 5) is 23.5. The third-order valence-corrected chi connectivity index (χ3v) is 5.24. The maximum absolute atomic E-state index is 12.2. The summed E-state index contributed by atoms with van der Waals surface area (Å²) in [5.41, 5.74) is 0. The lowest BCUT2D eigenvalue weighted by Crippen LogP contribution is -2.45. The van der Waals surface area contributed by atoms with Crippen LogP contribution in [-0.4, -0.2) is 29.9 Å². The van der Waals surface area contributed by atoms with Crippen molar-refractivity contribution in [2.45, 2.75) is 156 Å². The monoisotopic (exact) mass is 468 g/mol. The Morgan fingerprint density at radius 1 is 0.727 bits per heavy atom. The Balaban J connectivity index is 4.23. The van der Waals surface area contributed by atoms with Gasteiger partial charge in [0.25, 0.3) is 0 Å². The Morgan fingerprint density at radius 2 is 1.18 bits per heavy atom. The quantitative estimate of drug-likeness (QED) is 0.0529. The molecular weight excluding hydrogens is 416 g/mol. The number of ether oxygens (including phenoxy) is 3. The van der Waals surface area contributed by atoms with Crippen molar-refractivity contribution in [3.8, 4) is 0 Å². The highest BCUT2D eigenvalue weighted by molar-refractivity contribution is 5.94. The first-order valence-corrected chi connectivity index (χ1v) is 13.4. The van der Waals surface area contributed by atoms with E-state index in [-0.39, 0.29) is 24.4 Å². The topological polar surface area (TPSA) is 61.8 Å². The van der Waals surface area contributed by atoms with Gasteiger partial charge in [0.2, 0.25) is 0 Å². The third kappa shape index (κ3) is 19.9. The largest absolute Gasteiger partial charge is 0.407 e. The first-order valence-electron chi connectivity index (χ1n) is 13.4. The summed E-state index contributed by atoms with van der Waals surface area (Å²) in [6.07, 6.45) is 20.4. The molecule has 0 aromatic rings. The smallest absolute Gasteiger partial charge is 0.329 e. The average Bonchev–Trinajstić information content (AvgIpc) is 2.69. The number of unbranched alkanes of at least 4 members (excludes halogenated alkanes) is 11. The van der Waals surface area contributed by atoms with Crippen molar-refractivity contribution in [2.75, 3.05) is 0 Å². The van der Waals surface area contributed by atoms with Crippen LogP contribution in [0.25, 0.3) is 0 Å². The van der Waals surface area contributed by atoms with Crippen molar-refractivity contribution >= 4 is 11.8 Å². The molecule has 0 N–H and O–H groups in total. The summed E-state index contributed by atoms with van der Waals surface area (Å²) >= 11 is 0. The third-order valence-electron chi connectivity index (χ3n) is 5.24. The number of carbonyl (C=O) groups is 2. The predicted molar refractivity (Wildman–Crippen MR) is 136 cm³/mol. The minimum Gasteiger partial charge on any atom is -0.407 e. The first-order chi connectivity index (χ1) is 15.7. The summed E-state index contributed by atoms with van der Waals surface area (Å²) in [5, 5.41) is 0. The Labute approximate surface area is 204 Å². The van der Waals surface area contributed by atoms with Crippen LogP contribution in [0.2, 0.25) is 0 Å². The molecule has 0 radical (unpaired) electrons. The van der Waals surface area contributed by atoms with Gasteiger partial charge in [-0.15, -0.1) is 0 Å². The molecule has 0 spiro atoms. The van der Waals surface area contributed by atoms with E-state index in [1.807, 2.05) is 27.7 Å². The molecule has 0 amide bonds. The van der Waals surface area contributed by atoms with E-state index in [9.17, 15) is 9.59 Å². The van der Waals surface area contributed by atoms with Gasteiger partial charge in [-0.1, -0.05) is 70.4 Å². The number of carbonyl (C=O) groups excluding carboxylic acids is 2. The minimum absolute atomic E-state index is 0.169. The number of ketones is 1. The zero-order valence-corrected chi connectivity index (χ0v) is 22.5. The molecule has 0 aromatic carbocycles. The van der Waals surface area contributed by atoms with Gasteiger partial charge in [-0.3, -0.25) is 9.59 Å². The van der Waals surface area contributed by atoms with E-state index in [2.05, 4.69) is 19.1 Å². The molecule has 0 bridgehead atoms. The van der Waals surface area contributed by atoms with Crippen LogP contribution in [0.5, 0.6) is 0 Å². The van der Waals surface area contributed by atoms with Crippen LogP contribution in [0.4, 0.5) is 0 Å². The summed E-state index contributed by atoms with van der Waals surface area (Å²) in [6, 6.07) is 0. The van der Waals surface area contributed by atoms with E-state index in [4.69, 9.17) is 14.2 Å². The molecule has 0 aliphatic carbocycles. The number of rotatable bonds is 22. The normalized spacial score (nSPS) is 12.2. The van der Waals surface area contributed by atoms with Crippen LogP contribution < -0.4 is 0 Å². The zero-order valence-electron chi connectivity index (χ0n) is 22.5. The fraction of sp³-hybridized carbons (Fsp3) is 0.857. The van der Waals surface area contributed by atoms with Gasteiger partial charge in [-0.2, -0.15) is 0 Å². The van der Waals surface area contributed by atoms with Gasteiger partial charge in [0, 0.05) is 6.42 Å². The Bertz CT molecular complexity index is 514. The molecule has 0 aromatic heterocycles. The fourth-order valence-electron chi connectivity index (χ4n) is 3.79. The number of hydrogen-bond acceptors (Lipinski definition) is 5. The van der Waals surface area contributed by atoms with E-state index >= 15 is 0 Å². The molecule has 0 unspecified atom stereocenters. The van der Waals surface area contributed by atoms with Crippen LogP contribution >= 0.6 is 0 Å². The van der Waals surface area contributed by atoms with Gasteiger partial charge in [0.15, 0.2) is 0 Å². The van der Waals surface area contributed by atoms with Crippen molar-refractivity contribution in [2.24, 2.45) is 0 Å². The molecule has 0 fully saturated rings. The SMILES string of the molecule is CCCCCCCC/C=C\CCCCCCCC(OC(=O)CC(C)=O)(OC(C)C)OC(C)C. The lowest BCUT2D eigenvalue weighted by atomic mass is 10.1. The molecule has 0 aliphatic rings. The van der Waals surface area contributed by atoms with E-state index in [0.717, 1.165) is 25.7 Å². The van der Waals surface area contributed by atoms with Crippen LogP contribution in [-0.2, 0) is 23.8 Å². The van der Waals surface area contributed by atoms with E-state index in [1.165, 1.54) is 64.7 Å². The highest BCUT2D eigenvalue weighted by Gasteiger charge is 2.39. The molecule has 0 aliphatic heterocycles. The van der Waals surface area contributed by atoms with E-state index in [0.29, 0.717) is 6.42 Å². The molecule has 5 heteroatoms. The average molecular weight is 469 g/mol. The summed E-state index contributed by atoms with van der Waals surface area (Å²) in [7, 11) is 0. The van der Waals surface area contributed by atoms with Crippen molar-refractivity contribution in [1.29, 1.82) is 0 Å². The molecular formula is C28H52O5. The van der Waals surface area contributed by atoms with Crippen molar-refractivity contribution < 1.29 is 23.8 Å². The van der Waals surface area contributed by atoms with Gasteiger partial charge in [-0.25, -0.2) is 0 Å². The second kappa shape index (κ2) is 20.2. The van der Waals surface area contributed by atoms with Crippen molar-refractivity contribution in [3.63, 3.8) is 0 Å². The maximum atomic E-state index is 12.2. The number of hydrogen-bond donors (Lipinski definition) is 0. The predicted octanol–water partition coefficient (Wildman–Crippen LogP) is 8.05. The lowest BCUT2D eigenvalue weighted by Gasteiger charge is -2.35. The summed E-state index contributed by atoms with van der Waals surface area (Å²) in [6.45, 7) is 11.2. The van der Waals surface area contributed by atoms with Crippen LogP contribution in [0, 0.1) is 0 Å². The van der Waals surface area contributed by atoms with Gasteiger partial charge < -0.3 is 14.2 Å². The molecule has 33 heavy (non-hydrogen) atoms. The van der Waals surface area contributed by atoms with Crippen LogP contribution in [0.3, 0.4) is 0 Å². The van der Waals surface area contributed by atoms with Gasteiger partial charge in [-0.05, 0) is 66.7 Å². The number of Topliss-reactive ketones (excluding diaryl/α,β-unsaturated/α-hetero) is 1. The molecule has 194 valence electrons. The Hall–Kier alpha value is -1.20. The highest BCUT2D eigenvalue weighted by atomic mass is 16.9. The standard InChI is InChI=1S/C28H52O5/c1-7-8-9-10-11-12-13-14-15-16-17-18-19-20-21-22-28(31-24(2)3,32-25(4)5)33-27(30)23-26(6)29/h14-15,24-25H,7-13,16-23H2,1-6H3/b15-14-. The van der Waals surface area contributed by atoms with E-state index in [1.54, 1.807) is 0 Å². The molecule has 0 saturated heterocycles. The summed E-state index contributed by atoms with van der Waals surface area (Å²) < 4.78 is 17.4. The van der Waals surface area contributed by atoms with Gasteiger partial charge in [0.05, 0.1) is 12.2 Å². The second-order valence-corrected chi connectivity index (χ2v) is 9.70.